The second-order valence-corrected chi connectivity index (χ2v) is 11.7. The minimum Gasteiger partial charge on any atom is -0.444 e. The first-order valence-electron chi connectivity index (χ1n) is 14.2. The summed E-state index contributed by atoms with van der Waals surface area (Å²) in [4.78, 5) is 54.7. The van der Waals surface area contributed by atoms with E-state index < -0.39 is 17.3 Å². The average Bonchev–Trinajstić information content (AvgIpc) is 3.81. The number of rotatable bonds is 7. The van der Waals surface area contributed by atoms with E-state index in [-0.39, 0.29) is 42.0 Å². The maximum atomic E-state index is 14.9. The van der Waals surface area contributed by atoms with Crippen LogP contribution >= 0.6 is 0 Å². The Kier molecular flexibility index (Phi) is 8.46. The number of carbonyl (C=O) groups is 3. The van der Waals surface area contributed by atoms with Crippen LogP contribution in [0.1, 0.15) is 72.7 Å². The van der Waals surface area contributed by atoms with E-state index in [0.29, 0.717) is 37.1 Å². The van der Waals surface area contributed by atoms with Crippen LogP contribution < -0.4 is 5.32 Å². The molecule has 1 saturated heterocycles. The van der Waals surface area contributed by atoms with Crippen LogP contribution in [-0.2, 0) is 11.3 Å². The Morgan fingerprint density at radius 3 is 2.24 bits per heavy atom. The molecule has 1 aromatic carbocycles. The van der Waals surface area contributed by atoms with Gasteiger partial charge in [0.1, 0.15) is 11.4 Å². The second kappa shape index (κ2) is 12.2. The molecule has 42 heavy (non-hydrogen) atoms. The molecule has 11 heteroatoms. The highest BCUT2D eigenvalue weighted by Gasteiger charge is 2.40. The van der Waals surface area contributed by atoms with Crippen molar-refractivity contribution in [1.82, 2.24) is 30.1 Å². The Morgan fingerprint density at radius 2 is 1.64 bits per heavy atom. The molecule has 2 aromatic heterocycles. The van der Waals surface area contributed by atoms with Gasteiger partial charge in [-0.1, -0.05) is 6.07 Å². The number of hydrogen-bond acceptors (Lipinski definition) is 7. The first-order valence-corrected chi connectivity index (χ1v) is 14.2. The smallest absolute Gasteiger partial charge is 0.410 e. The van der Waals surface area contributed by atoms with Crippen molar-refractivity contribution in [3.63, 3.8) is 0 Å². The molecule has 10 nitrogen and oxygen atoms in total. The van der Waals surface area contributed by atoms with Gasteiger partial charge in [0, 0.05) is 62.1 Å². The first-order chi connectivity index (χ1) is 20.1. The van der Waals surface area contributed by atoms with E-state index >= 15 is 0 Å². The minimum absolute atomic E-state index is 0.00899. The molecule has 3 aromatic rings. The Balaban J connectivity index is 1.21. The summed E-state index contributed by atoms with van der Waals surface area (Å²) in [5, 5.41) is 2.70. The van der Waals surface area contributed by atoms with Crippen LogP contribution in [0.25, 0.3) is 11.4 Å². The third-order valence-electron chi connectivity index (χ3n) is 7.26. The van der Waals surface area contributed by atoms with Gasteiger partial charge in [0.2, 0.25) is 0 Å². The lowest BCUT2D eigenvalue weighted by atomic mass is 10.0. The summed E-state index contributed by atoms with van der Waals surface area (Å²) in [6, 6.07) is 7.91. The second-order valence-electron chi connectivity index (χ2n) is 11.7. The van der Waals surface area contributed by atoms with Crippen molar-refractivity contribution < 1.29 is 23.5 Å². The van der Waals surface area contributed by atoms with Crippen molar-refractivity contribution >= 4 is 17.9 Å². The number of halogens is 1. The van der Waals surface area contributed by atoms with Gasteiger partial charge in [-0.25, -0.2) is 19.2 Å². The van der Waals surface area contributed by atoms with Crippen LogP contribution in [-0.4, -0.2) is 73.4 Å². The number of ether oxygens (including phenoxy) is 1. The fourth-order valence-electron chi connectivity index (χ4n) is 4.99. The van der Waals surface area contributed by atoms with Gasteiger partial charge in [-0.05, 0) is 76.3 Å². The molecule has 3 heterocycles. The van der Waals surface area contributed by atoms with Crippen LogP contribution in [0, 0.1) is 5.82 Å². The number of carbonyl (C=O) groups excluding carboxylic acids is 3. The minimum atomic E-state index is -0.693. The Labute approximate surface area is 244 Å². The van der Waals surface area contributed by atoms with Gasteiger partial charge in [-0.3, -0.25) is 14.6 Å². The lowest BCUT2D eigenvalue weighted by Crippen LogP contribution is -2.50. The summed E-state index contributed by atoms with van der Waals surface area (Å²) in [5.41, 5.74) is 0.958. The monoisotopic (exact) mass is 574 g/mol. The van der Waals surface area contributed by atoms with Crippen molar-refractivity contribution in [2.75, 3.05) is 13.1 Å². The maximum Gasteiger partial charge on any atom is 0.410 e. The van der Waals surface area contributed by atoms with Gasteiger partial charge >= 0.3 is 6.09 Å². The van der Waals surface area contributed by atoms with E-state index in [1.165, 1.54) is 24.5 Å². The zero-order chi connectivity index (χ0) is 29.9. The Hall–Kier alpha value is -4.41. The number of benzene rings is 1. The summed E-state index contributed by atoms with van der Waals surface area (Å²) in [6.45, 7) is 6.82. The van der Waals surface area contributed by atoms with E-state index in [9.17, 15) is 18.8 Å². The van der Waals surface area contributed by atoms with E-state index in [1.54, 1.807) is 35.5 Å². The zero-order valence-corrected chi connectivity index (χ0v) is 24.0. The predicted molar refractivity (Wildman–Crippen MR) is 153 cm³/mol. The van der Waals surface area contributed by atoms with Crippen LogP contribution in [0.15, 0.2) is 55.1 Å². The largest absolute Gasteiger partial charge is 0.444 e. The summed E-state index contributed by atoms with van der Waals surface area (Å²) < 4.78 is 20.4. The average molecular weight is 575 g/mol. The van der Waals surface area contributed by atoms with Crippen LogP contribution in [0.4, 0.5) is 9.18 Å². The molecule has 1 N–H and O–H groups in total. The lowest BCUT2D eigenvalue weighted by molar-refractivity contribution is 0.0142. The normalized spacial score (nSPS) is 15.7. The highest BCUT2D eigenvalue weighted by Crippen LogP contribution is 2.33. The first kappa shape index (κ1) is 29.1. The number of likely N-dealkylation sites (tertiary alicyclic amines) is 1. The molecular formula is C31H35FN6O4. The number of nitrogens with zero attached hydrogens (tertiary/aromatic N) is 5. The number of aromatic nitrogens is 3. The molecule has 1 saturated carbocycles. The summed E-state index contributed by atoms with van der Waals surface area (Å²) >= 11 is 0. The maximum absolute atomic E-state index is 14.9. The number of nitrogens with one attached hydrogen (secondary N) is 1. The molecule has 1 aliphatic heterocycles. The standard InChI is InChI=1S/C31H35FN6O4/c1-31(2,3)42-30(41)37-14-10-24(11-15-37)38(23-5-6-23)29(40)22-18-34-27(35-19-22)21-4-7-25(26(32)16-21)28(39)36-17-20-8-12-33-13-9-20/h4,7-9,12-13,16,18-19,23-24H,5-6,10-11,14-15,17H2,1-3H3,(H,36,39). The predicted octanol–water partition coefficient (Wildman–Crippen LogP) is 4.61. The van der Waals surface area contributed by atoms with Crippen molar-refractivity contribution in [2.24, 2.45) is 0 Å². The van der Waals surface area contributed by atoms with Gasteiger partial charge < -0.3 is 19.9 Å². The van der Waals surface area contributed by atoms with Crippen molar-refractivity contribution in [3.05, 3.63) is 77.6 Å². The van der Waals surface area contributed by atoms with Gasteiger partial charge in [0.25, 0.3) is 11.8 Å². The summed E-state index contributed by atoms with van der Waals surface area (Å²) in [7, 11) is 0. The van der Waals surface area contributed by atoms with Gasteiger partial charge in [0.15, 0.2) is 5.82 Å². The molecule has 2 aliphatic rings. The summed E-state index contributed by atoms with van der Waals surface area (Å²) in [6.07, 6.45) is 9.06. The molecule has 0 radical (unpaired) electrons. The van der Waals surface area contributed by atoms with Crippen molar-refractivity contribution in [2.45, 2.75) is 70.7 Å². The van der Waals surface area contributed by atoms with Gasteiger partial charge in [-0.15, -0.1) is 0 Å². The van der Waals surface area contributed by atoms with Crippen molar-refractivity contribution in [1.29, 1.82) is 0 Å². The highest BCUT2D eigenvalue weighted by molar-refractivity contribution is 5.95. The van der Waals surface area contributed by atoms with Gasteiger partial charge in [-0.2, -0.15) is 0 Å². The van der Waals surface area contributed by atoms with Crippen LogP contribution in [0.2, 0.25) is 0 Å². The molecule has 0 bridgehead atoms. The van der Waals surface area contributed by atoms with Crippen LogP contribution in [0.3, 0.4) is 0 Å². The lowest BCUT2D eigenvalue weighted by Gasteiger charge is -2.39. The SMILES string of the molecule is CC(C)(C)OC(=O)N1CCC(N(C(=O)c2cnc(-c3ccc(C(=O)NCc4ccncc4)c(F)c3)nc2)C2CC2)CC1. The van der Waals surface area contributed by atoms with E-state index in [0.717, 1.165) is 18.4 Å². The van der Waals surface area contributed by atoms with Crippen LogP contribution in [0.5, 0.6) is 0 Å². The molecule has 5 rings (SSSR count). The molecule has 3 amide bonds. The Morgan fingerprint density at radius 1 is 1.00 bits per heavy atom. The third kappa shape index (κ3) is 7.07. The number of hydrogen-bond donors (Lipinski definition) is 1. The molecular weight excluding hydrogens is 539 g/mol. The molecule has 0 spiro atoms. The van der Waals surface area contributed by atoms with Gasteiger partial charge in [0.05, 0.1) is 11.1 Å². The molecule has 2 fully saturated rings. The summed E-state index contributed by atoms with van der Waals surface area (Å²) in [5.74, 6) is -1.12. The quantitative estimate of drug-likeness (QED) is 0.438. The van der Waals surface area contributed by atoms with E-state index in [4.69, 9.17) is 4.74 Å². The molecule has 220 valence electrons. The highest BCUT2D eigenvalue weighted by atomic mass is 19.1. The molecule has 0 atom stereocenters. The van der Waals surface area contributed by atoms with E-state index in [2.05, 4.69) is 20.3 Å². The fourth-order valence-corrected chi connectivity index (χ4v) is 4.99. The topological polar surface area (TPSA) is 118 Å². The molecule has 1 aliphatic carbocycles. The van der Waals surface area contributed by atoms with Crippen molar-refractivity contribution in [3.8, 4) is 11.4 Å². The third-order valence-corrected chi connectivity index (χ3v) is 7.26. The number of amides is 3. The number of piperidine rings is 1. The Bertz CT molecular complexity index is 1430. The molecule has 0 unspecified atom stereocenters. The number of pyridine rings is 1. The zero-order valence-electron chi connectivity index (χ0n) is 24.0. The fraction of sp³-hybridized carbons (Fsp3) is 0.419. The van der Waals surface area contributed by atoms with E-state index in [1.807, 2.05) is 25.7 Å².